The number of rotatable bonds is 8. The number of hydrogen-bond donors (Lipinski definition) is 0. The topological polar surface area (TPSA) is 22.9 Å². The molecule has 1 aromatic heterocycles. The Hall–Kier alpha value is -7.24. The summed E-state index contributed by atoms with van der Waals surface area (Å²) in [6.07, 6.45) is 14.1. The van der Waals surface area contributed by atoms with E-state index in [0.29, 0.717) is 0 Å². The molecule has 15 rings (SSSR count). The lowest BCUT2D eigenvalue weighted by Gasteiger charge is -2.52. The van der Waals surface area contributed by atoms with Crippen LogP contribution >= 0.6 is 0 Å². The van der Waals surface area contributed by atoms with Gasteiger partial charge in [0.15, 0.2) is 0 Å². The molecule has 1 saturated carbocycles. The summed E-state index contributed by atoms with van der Waals surface area (Å²) in [5.74, 6) is 0.905. The van der Waals surface area contributed by atoms with E-state index in [0.717, 1.165) is 70.3 Å². The average Bonchev–Trinajstić information content (AvgIpc) is 2.28. The van der Waals surface area contributed by atoms with E-state index in [1.54, 1.807) is 0 Å². The minimum atomic E-state index is -0.132. The molecule has 0 N–H and O–H groups in total. The maximum absolute atomic E-state index is 7.80. The minimum Gasteiger partial charge on any atom is -0.440 e. The predicted octanol–water partition coefficient (Wildman–Crippen LogP) is 20.6. The van der Waals surface area contributed by atoms with Gasteiger partial charge in [-0.3, -0.25) is 4.90 Å². The molecular formula is C80H88BN3O. The molecule has 0 radical (unpaired) electrons. The van der Waals surface area contributed by atoms with Gasteiger partial charge in [0.05, 0.1) is 0 Å². The monoisotopic (exact) mass is 1120 g/mol. The van der Waals surface area contributed by atoms with Crippen LogP contribution in [0.25, 0.3) is 22.1 Å². The van der Waals surface area contributed by atoms with E-state index in [9.17, 15) is 0 Å². The number of fused-ring (bicyclic) bond motifs is 9. The van der Waals surface area contributed by atoms with Crippen LogP contribution in [-0.2, 0) is 27.1 Å². The molecule has 5 heteroatoms. The van der Waals surface area contributed by atoms with Crippen LogP contribution in [0.4, 0.5) is 45.7 Å². The molecule has 0 saturated heterocycles. The van der Waals surface area contributed by atoms with Crippen LogP contribution in [0.5, 0.6) is 0 Å². The minimum absolute atomic E-state index is 0.00372. The Labute approximate surface area is 508 Å². The van der Waals surface area contributed by atoms with Crippen molar-refractivity contribution in [2.45, 2.75) is 182 Å². The Kier molecular flexibility index (Phi) is 12.4. The fraction of sp³-hybridized carbons (Fsp3) is 0.375. The van der Waals surface area contributed by atoms with E-state index >= 15 is 0 Å². The van der Waals surface area contributed by atoms with Crippen molar-refractivity contribution in [3.63, 3.8) is 0 Å². The smallest absolute Gasteiger partial charge is 0.257 e. The lowest BCUT2D eigenvalue weighted by Crippen LogP contribution is -2.61. The molecular weight excluding hydrogens is 1030 g/mol. The first-order chi connectivity index (χ1) is 40.2. The van der Waals surface area contributed by atoms with Crippen LogP contribution in [0, 0.1) is 17.8 Å². The fourth-order valence-corrected chi connectivity index (χ4v) is 16.4. The van der Waals surface area contributed by atoms with E-state index in [1.807, 2.05) is 0 Å². The second-order valence-electron chi connectivity index (χ2n) is 31.0. The highest BCUT2D eigenvalue weighted by Gasteiger charge is 2.52. The molecule has 0 amide bonds. The zero-order valence-corrected chi connectivity index (χ0v) is 53.6. The molecule has 0 spiro atoms. The molecule has 0 unspecified atom stereocenters. The van der Waals surface area contributed by atoms with Crippen molar-refractivity contribution in [2.24, 2.45) is 10.8 Å². The van der Waals surface area contributed by atoms with Crippen LogP contribution < -0.4 is 31.1 Å². The summed E-state index contributed by atoms with van der Waals surface area (Å²) in [5.41, 5.74) is 28.1. The zero-order valence-electron chi connectivity index (χ0n) is 53.6. The van der Waals surface area contributed by atoms with Gasteiger partial charge < -0.3 is 14.2 Å². The second kappa shape index (κ2) is 18.9. The SMILES string of the molecule is C=C/C(=C\C1=C(C)C(C)(C)CCC1(C)C)N1c2cc(-c3ccc(N(c4ccccc4)c4ccccc4)cc3)cc3c2B(c2ccc(C(C)(C)C)cc2N3c2cc3c(cc2C)C(C)(C)CCC3(C)C)c2c1oc1cc3c(cc21)C1(C)CCC3(C)CC1. The first kappa shape index (κ1) is 55.6. The van der Waals surface area contributed by atoms with Gasteiger partial charge in [-0.1, -0.05) is 169 Å². The number of anilines is 8. The molecule has 432 valence electrons. The van der Waals surface area contributed by atoms with E-state index in [2.05, 4.69) is 270 Å². The molecule has 7 aliphatic rings. The molecule has 8 aromatic rings. The Bertz CT molecular complexity index is 4090. The van der Waals surface area contributed by atoms with Gasteiger partial charge in [0, 0.05) is 56.4 Å². The number of aryl methyl sites for hydroxylation is 1. The number of hydrogen-bond acceptors (Lipinski definition) is 4. The fourth-order valence-electron chi connectivity index (χ4n) is 16.4. The summed E-state index contributed by atoms with van der Waals surface area (Å²) in [7, 11) is 0. The number of nitrogens with zero attached hydrogens (tertiary/aromatic N) is 3. The second-order valence-corrected chi connectivity index (χ2v) is 31.0. The van der Waals surface area contributed by atoms with E-state index in [4.69, 9.17) is 11.0 Å². The van der Waals surface area contributed by atoms with Crippen molar-refractivity contribution >= 4 is 79.8 Å². The van der Waals surface area contributed by atoms with Gasteiger partial charge in [0.1, 0.15) is 5.58 Å². The van der Waals surface area contributed by atoms with Crippen molar-refractivity contribution in [3.8, 4) is 11.1 Å². The van der Waals surface area contributed by atoms with Crippen molar-refractivity contribution < 1.29 is 4.42 Å². The highest BCUT2D eigenvalue weighted by Crippen LogP contribution is 2.59. The molecule has 0 atom stereocenters. The molecule has 1 fully saturated rings. The van der Waals surface area contributed by atoms with Gasteiger partial charge in [0.2, 0.25) is 5.88 Å². The maximum atomic E-state index is 7.80. The largest absolute Gasteiger partial charge is 0.440 e. The van der Waals surface area contributed by atoms with Gasteiger partial charge in [-0.25, -0.2) is 0 Å². The molecule has 4 nitrogen and oxygen atoms in total. The summed E-state index contributed by atoms with van der Waals surface area (Å²) in [6, 6.07) is 53.7. The van der Waals surface area contributed by atoms with Crippen LogP contribution in [0.1, 0.15) is 182 Å². The van der Waals surface area contributed by atoms with E-state index in [-0.39, 0.29) is 44.6 Å². The maximum Gasteiger partial charge on any atom is 0.257 e. The number of furan rings is 1. The standard InChI is InChI=1S/C80H88BN3O/c1-17-55(46-60-51(3)75(7,8)34-35-76(60,9)10)83-68-43-53(52-28-31-58(32-29-52)82(56-24-20-18-21-25-56)57-26-22-19-23-27-57)44-69-72(68)81(71-59-47-63-64(49-70(59)85-73(71)83)80(16)40-38-79(63,15)39-41-80)65-33-30-54(74(4,5)6)45-67(65)84(69)66-48-62-61(42-50(66)2)77(11,12)36-37-78(62,13)14/h17-33,42-49H,1,34-41H2,2-16H3/b55-46+. The van der Waals surface area contributed by atoms with Gasteiger partial charge in [0.25, 0.3) is 6.71 Å². The molecule has 2 bridgehead atoms. The Morgan fingerprint density at radius 2 is 1.08 bits per heavy atom. The van der Waals surface area contributed by atoms with Crippen LogP contribution in [0.2, 0.25) is 0 Å². The first-order valence-electron chi connectivity index (χ1n) is 32.0. The Balaban J connectivity index is 1.10. The van der Waals surface area contributed by atoms with Gasteiger partial charge in [-0.05, 0) is 249 Å². The lowest BCUT2D eigenvalue weighted by molar-refractivity contribution is 0.188. The summed E-state index contributed by atoms with van der Waals surface area (Å²) in [6.45, 7) is 41.2. The Morgan fingerprint density at radius 3 is 1.68 bits per heavy atom. The zero-order chi connectivity index (χ0) is 59.7. The van der Waals surface area contributed by atoms with E-state index in [1.165, 1.54) is 115 Å². The molecule has 3 heterocycles. The quantitative estimate of drug-likeness (QED) is 0.112. The summed E-state index contributed by atoms with van der Waals surface area (Å²) >= 11 is 0. The molecule has 2 aliphatic heterocycles. The number of para-hydroxylation sites is 2. The molecule has 85 heavy (non-hydrogen) atoms. The van der Waals surface area contributed by atoms with Gasteiger partial charge in [-0.2, -0.15) is 0 Å². The normalized spacial score (nSPS) is 22.2. The lowest BCUT2D eigenvalue weighted by atomic mass is 9.33. The highest BCUT2D eigenvalue weighted by atomic mass is 16.4. The number of allylic oxidation sites excluding steroid dienone is 4. The predicted molar refractivity (Wildman–Crippen MR) is 364 cm³/mol. The summed E-state index contributed by atoms with van der Waals surface area (Å²) in [5, 5.41) is 1.24. The van der Waals surface area contributed by atoms with Crippen molar-refractivity contribution in [1.82, 2.24) is 0 Å². The van der Waals surface area contributed by atoms with E-state index < -0.39 is 0 Å². The molecule has 7 aromatic carbocycles. The van der Waals surface area contributed by atoms with Crippen LogP contribution in [0.15, 0.2) is 180 Å². The average molecular weight is 1120 g/mol. The summed E-state index contributed by atoms with van der Waals surface area (Å²) < 4.78 is 7.80. The first-order valence-corrected chi connectivity index (χ1v) is 32.0. The van der Waals surface area contributed by atoms with Crippen LogP contribution in [-0.4, -0.2) is 6.71 Å². The van der Waals surface area contributed by atoms with Crippen molar-refractivity contribution in [3.05, 3.63) is 208 Å². The Morgan fingerprint density at radius 1 is 0.529 bits per heavy atom. The van der Waals surface area contributed by atoms with Crippen LogP contribution in [0.3, 0.4) is 0 Å². The van der Waals surface area contributed by atoms with Crippen molar-refractivity contribution in [1.29, 1.82) is 0 Å². The molecule has 5 aliphatic carbocycles. The van der Waals surface area contributed by atoms with Gasteiger partial charge in [-0.15, -0.1) is 0 Å². The van der Waals surface area contributed by atoms with Crippen molar-refractivity contribution in [2.75, 3.05) is 14.7 Å². The third kappa shape index (κ3) is 8.57. The third-order valence-electron chi connectivity index (χ3n) is 22.6. The van der Waals surface area contributed by atoms with Gasteiger partial charge >= 0.3 is 0 Å². The highest BCUT2D eigenvalue weighted by molar-refractivity contribution is 7.01. The summed E-state index contributed by atoms with van der Waals surface area (Å²) in [4.78, 5) is 7.59. The third-order valence-corrected chi connectivity index (χ3v) is 22.6. The number of benzene rings is 7.